The van der Waals surface area contributed by atoms with Gasteiger partial charge in [0.2, 0.25) is 0 Å². The van der Waals surface area contributed by atoms with Crippen LogP contribution in [0.25, 0.3) is 11.0 Å². The number of hydrogen-bond acceptors (Lipinski definition) is 5. The zero-order chi connectivity index (χ0) is 17.8. The van der Waals surface area contributed by atoms with E-state index in [-0.39, 0.29) is 5.91 Å². The van der Waals surface area contributed by atoms with Crippen molar-refractivity contribution in [3.05, 3.63) is 59.7 Å². The van der Waals surface area contributed by atoms with E-state index in [1.165, 1.54) is 17.3 Å². The SMILES string of the molecule is O=C(c1ccc2nsnc2c1)N1CCC(COCc2ccccc2)CC1. The molecule has 1 fully saturated rings. The van der Waals surface area contributed by atoms with Crippen molar-refractivity contribution in [3.8, 4) is 0 Å². The number of likely N-dealkylation sites (tertiary alicyclic amines) is 1. The molecule has 0 saturated carbocycles. The van der Waals surface area contributed by atoms with Crippen molar-refractivity contribution in [2.24, 2.45) is 5.92 Å². The lowest BCUT2D eigenvalue weighted by molar-refractivity contribution is 0.0478. The zero-order valence-corrected chi connectivity index (χ0v) is 15.3. The average Bonchev–Trinajstić information content (AvgIpc) is 3.17. The van der Waals surface area contributed by atoms with E-state index in [0.29, 0.717) is 18.1 Å². The first-order valence-corrected chi connectivity index (χ1v) is 9.66. The molecule has 0 spiro atoms. The summed E-state index contributed by atoms with van der Waals surface area (Å²) in [5.41, 5.74) is 3.54. The highest BCUT2D eigenvalue weighted by Gasteiger charge is 2.24. The fourth-order valence-electron chi connectivity index (χ4n) is 3.32. The van der Waals surface area contributed by atoms with Crippen LogP contribution >= 0.6 is 11.7 Å². The minimum absolute atomic E-state index is 0.0866. The smallest absolute Gasteiger partial charge is 0.253 e. The van der Waals surface area contributed by atoms with Crippen LogP contribution in [0.5, 0.6) is 0 Å². The van der Waals surface area contributed by atoms with Crippen molar-refractivity contribution >= 4 is 28.7 Å². The number of amides is 1. The average molecular weight is 367 g/mol. The summed E-state index contributed by atoms with van der Waals surface area (Å²) in [5, 5.41) is 0. The van der Waals surface area contributed by atoms with Crippen molar-refractivity contribution in [2.75, 3.05) is 19.7 Å². The first-order valence-electron chi connectivity index (χ1n) is 8.93. The monoisotopic (exact) mass is 367 g/mol. The van der Waals surface area contributed by atoms with Gasteiger partial charge in [-0.1, -0.05) is 30.3 Å². The van der Waals surface area contributed by atoms with Crippen molar-refractivity contribution in [2.45, 2.75) is 19.4 Å². The van der Waals surface area contributed by atoms with Crippen LogP contribution in [-0.4, -0.2) is 39.3 Å². The highest BCUT2D eigenvalue weighted by Crippen LogP contribution is 2.21. The normalized spacial score (nSPS) is 15.5. The summed E-state index contributed by atoms with van der Waals surface area (Å²) < 4.78 is 14.3. The van der Waals surface area contributed by atoms with Gasteiger partial charge in [0, 0.05) is 25.3 Å². The quantitative estimate of drug-likeness (QED) is 0.689. The van der Waals surface area contributed by atoms with Gasteiger partial charge in [0.05, 0.1) is 18.3 Å². The molecular formula is C20H21N3O2S. The maximum Gasteiger partial charge on any atom is 0.253 e. The summed E-state index contributed by atoms with van der Waals surface area (Å²) in [7, 11) is 0. The lowest BCUT2D eigenvalue weighted by Crippen LogP contribution is -2.39. The van der Waals surface area contributed by atoms with E-state index in [1.807, 2.05) is 41.3 Å². The predicted molar refractivity (Wildman–Crippen MR) is 102 cm³/mol. The van der Waals surface area contributed by atoms with Gasteiger partial charge in [0.15, 0.2) is 0 Å². The number of benzene rings is 2. The molecular weight excluding hydrogens is 346 g/mol. The molecule has 3 aromatic rings. The van der Waals surface area contributed by atoms with Gasteiger partial charge < -0.3 is 9.64 Å². The minimum Gasteiger partial charge on any atom is -0.376 e. The second kappa shape index (κ2) is 7.93. The molecule has 1 saturated heterocycles. The van der Waals surface area contributed by atoms with Gasteiger partial charge in [-0.3, -0.25) is 4.79 Å². The molecule has 1 aliphatic rings. The number of ether oxygens (including phenoxy) is 1. The van der Waals surface area contributed by atoms with Crippen LogP contribution in [0.3, 0.4) is 0 Å². The molecule has 1 aromatic heterocycles. The number of hydrogen-bond donors (Lipinski definition) is 0. The van der Waals surface area contributed by atoms with Gasteiger partial charge in [0.25, 0.3) is 5.91 Å². The number of carbonyl (C=O) groups excluding carboxylic acids is 1. The Hall–Kier alpha value is -2.31. The fourth-order valence-corrected chi connectivity index (χ4v) is 3.84. The van der Waals surface area contributed by atoms with E-state index >= 15 is 0 Å². The highest BCUT2D eigenvalue weighted by molar-refractivity contribution is 7.00. The second-order valence-electron chi connectivity index (χ2n) is 6.70. The Morgan fingerprint density at radius 3 is 2.65 bits per heavy atom. The fraction of sp³-hybridized carbons (Fsp3) is 0.350. The van der Waals surface area contributed by atoms with E-state index < -0.39 is 0 Å². The first-order chi connectivity index (χ1) is 12.8. The third kappa shape index (κ3) is 3.92. The van der Waals surface area contributed by atoms with Crippen molar-refractivity contribution in [1.29, 1.82) is 0 Å². The highest BCUT2D eigenvalue weighted by atomic mass is 32.1. The Kier molecular flexibility index (Phi) is 5.22. The maximum atomic E-state index is 12.7. The molecule has 26 heavy (non-hydrogen) atoms. The topological polar surface area (TPSA) is 55.3 Å². The molecule has 0 N–H and O–H groups in total. The summed E-state index contributed by atoms with van der Waals surface area (Å²) in [5.74, 6) is 0.608. The molecule has 134 valence electrons. The Morgan fingerprint density at radius 1 is 1.08 bits per heavy atom. The van der Waals surface area contributed by atoms with E-state index in [0.717, 1.165) is 43.6 Å². The number of aromatic nitrogens is 2. The number of rotatable bonds is 5. The Labute approximate surface area is 156 Å². The van der Waals surface area contributed by atoms with Gasteiger partial charge in [-0.25, -0.2) is 0 Å². The van der Waals surface area contributed by atoms with E-state index in [1.54, 1.807) is 0 Å². The van der Waals surface area contributed by atoms with Gasteiger partial charge in [-0.15, -0.1) is 0 Å². The molecule has 0 unspecified atom stereocenters. The van der Waals surface area contributed by atoms with E-state index in [2.05, 4.69) is 20.9 Å². The molecule has 4 rings (SSSR count). The van der Waals surface area contributed by atoms with Crippen molar-refractivity contribution in [3.63, 3.8) is 0 Å². The summed E-state index contributed by atoms with van der Waals surface area (Å²) in [6.07, 6.45) is 1.97. The number of carbonyl (C=O) groups is 1. The van der Waals surface area contributed by atoms with Crippen molar-refractivity contribution in [1.82, 2.24) is 13.6 Å². The lowest BCUT2D eigenvalue weighted by Gasteiger charge is -2.32. The third-order valence-corrected chi connectivity index (χ3v) is 5.42. The van der Waals surface area contributed by atoms with Gasteiger partial charge in [0.1, 0.15) is 11.0 Å². The van der Waals surface area contributed by atoms with Crippen LogP contribution in [-0.2, 0) is 11.3 Å². The van der Waals surface area contributed by atoms with Crippen molar-refractivity contribution < 1.29 is 9.53 Å². The molecule has 0 bridgehead atoms. The van der Waals surface area contributed by atoms with Crippen LogP contribution in [0.1, 0.15) is 28.8 Å². The van der Waals surface area contributed by atoms with Crippen LogP contribution in [0.15, 0.2) is 48.5 Å². The molecule has 1 amide bonds. The van der Waals surface area contributed by atoms with Crippen LogP contribution in [0, 0.1) is 5.92 Å². The van der Waals surface area contributed by atoms with Gasteiger partial charge >= 0.3 is 0 Å². The van der Waals surface area contributed by atoms with Gasteiger partial charge in [-0.05, 0) is 42.5 Å². The molecule has 6 heteroatoms. The van der Waals surface area contributed by atoms with E-state index in [9.17, 15) is 4.79 Å². The Bertz CT molecular complexity index is 873. The zero-order valence-electron chi connectivity index (χ0n) is 14.5. The largest absolute Gasteiger partial charge is 0.376 e. The van der Waals surface area contributed by atoms with Crippen LogP contribution in [0.4, 0.5) is 0 Å². The first kappa shape index (κ1) is 17.1. The number of piperidine rings is 1. The Morgan fingerprint density at radius 2 is 1.85 bits per heavy atom. The van der Waals surface area contributed by atoms with E-state index in [4.69, 9.17) is 4.74 Å². The molecule has 2 heterocycles. The summed E-state index contributed by atoms with van der Waals surface area (Å²) >= 11 is 1.18. The third-order valence-electron chi connectivity index (χ3n) is 4.87. The summed E-state index contributed by atoms with van der Waals surface area (Å²) in [6.45, 7) is 2.98. The van der Waals surface area contributed by atoms with Crippen LogP contribution < -0.4 is 0 Å². The molecule has 0 atom stereocenters. The van der Waals surface area contributed by atoms with Crippen LogP contribution in [0.2, 0.25) is 0 Å². The summed E-state index contributed by atoms with van der Waals surface area (Å²) in [6, 6.07) is 15.8. The second-order valence-corrected chi connectivity index (χ2v) is 7.23. The number of fused-ring (bicyclic) bond motifs is 1. The molecule has 5 nitrogen and oxygen atoms in total. The number of nitrogens with zero attached hydrogens (tertiary/aromatic N) is 3. The molecule has 2 aromatic carbocycles. The predicted octanol–water partition coefficient (Wildman–Crippen LogP) is 3.76. The minimum atomic E-state index is 0.0866. The maximum absolute atomic E-state index is 12.7. The molecule has 0 radical (unpaired) electrons. The summed E-state index contributed by atoms with van der Waals surface area (Å²) in [4.78, 5) is 14.7. The Balaban J connectivity index is 1.27. The lowest BCUT2D eigenvalue weighted by atomic mass is 9.97. The standard InChI is InChI=1S/C20H21N3O2S/c24-20(17-6-7-18-19(12-17)22-26-21-18)23-10-8-16(9-11-23)14-25-13-15-4-2-1-3-5-15/h1-7,12,16H,8-11,13-14H2. The molecule has 0 aliphatic carbocycles. The van der Waals surface area contributed by atoms with Gasteiger partial charge in [-0.2, -0.15) is 8.75 Å². The molecule has 1 aliphatic heterocycles.